The zero-order chi connectivity index (χ0) is 21.5. The van der Waals surface area contributed by atoms with Crippen molar-refractivity contribution in [1.82, 2.24) is 20.0 Å². The number of aliphatic imine (C=N–C) groups is 1. The number of hydrogen-bond donors (Lipinski definition) is 1. The Morgan fingerprint density at radius 3 is 2.69 bits per heavy atom. The first kappa shape index (κ1) is 25.7. The Morgan fingerprint density at radius 1 is 1.19 bits per heavy atom. The van der Waals surface area contributed by atoms with Crippen molar-refractivity contribution in [2.75, 3.05) is 59.0 Å². The van der Waals surface area contributed by atoms with Gasteiger partial charge in [-0.15, -0.1) is 35.3 Å². The zero-order valence-corrected chi connectivity index (χ0v) is 22.4. The molecule has 180 valence electrons. The van der Waals surface area contributed by atoms with Crippen LogP contribution < -0.4 is 5.32 Å². The smallest absolute Gasteiger partial charge is 0.251 e. The van der Waals surface area contributed by atoms with Gasteiger partial charge in [0.15, 0.2) is 5.96 Å². The number of nitrogens with zero attached hydrogens (tertiary/aromatic N) is 4. The van der Waals surface area contributed by atoms with Crippen LogP contribution in [-0.4, -0.2) is 91.6 Å². The lowest BCUT2D eigenvalue weighted by atomic mass is 9.98. The van der Waals surface area contributed by atoms with E-state index in [9.17, 15) is 4.79 Å². The summed E-state index contributed by atoms with van der Waals surface area (Å²) in [5.74, 6) is 1.79. The third kappa shape index (κ3) is 7.04. The van der Waals surface area contributed by atoms with Crippen molar-refractivity contribution in [1.29, 1.82) is 0 Å². The van der Waals surface area contributed by atoms with Crippen LogP contribution >= 0.6 is 35.3 Å². The van der Waals surface area contributed by atoms with E-state index in [1.165, 1.54) is 24.3 Å². The highest BCUT2D eigenvalue weighted by Gasteiger charge is 2.31. The normalized spacial score (nSPS) is 25.0. The summed E-state index contributed by atoms with van der Waals surface area (Å²) in [7, 11) is 0. The number of piperazine rings is 1. The van der Waals surface area contributed by atoms with E-state index in [-0.39, 0.29) is 36.0 Å². The Labute approximate surface area is 213 Å². The van der Waals surface area contributed by atoms with Crippen LogP contribution in [0.3, 0.4) is 0 Å². The van der Waals surface area contributed by atoms with Crippen LogP contribution in [-0.2, 0) is 16.1 Å². The van der Waals surface area contributed by atoms with E-state index in [4.69, 9.17) is 9.73 Å². The standard InChI is InChI=1S/C23H37N5O2S.HI/c1-2-24-23(28-12-10-27(11-13-28)22(29)21-8-4-14-30-21)25-16-19-6-3-9-26(17-19)18-20-7-5-15-31-20;/h5,7,15,19,21H,2-4,6,8-14,16-18H2,1H3,(H,24,25);1H. The molecule has 3 saturated heterocycles. The van der Waals surface area contributed by atoms with Gasteiger partial charge in [0, 0.05) is 63.8 Å². The molecule has 0 aliphatic carbocycles. The lowest BCUT2D eigenvalue weighted by Gasteiger charge is -2.37. The Bertz CT molecular complexity index is 718. The van der Waals surface area contributed by atoms with Gasteiger partial charge in [-0.05, 0) is 56.5 Å². The van der Waals surface area contributed by atoms with Crippen LogP contribution in [0.25, 0.3) is 0 Å². The number of carbonyl (C=O) groups is 1. The number of halogens is 1. The molecule has 1 N–H and O–H groups in total. The van der Waals surface area contributed by atoms with Crippen LogP contribution in [0.5, 0.6) is 0 Å². The summed E-state index contributed by atoms with van der Waals surface area (Å²) >= 11 is 1.85. The number of likely N-dealkylation sites (tertiary alicyclic amines) is 1. The third-order valence-electron chi connectivity index (χ3n) is 6.49. The maximum Gasteiger partial charge on any atom is 0.251 e. The van der Waals surface area contributed by atoms with Crippen molar-refractivity contribution >= 4 is 47.2 Å². The van der Waals surface area contributed by atoms with Gasteiger partial charge >= 0.3 is 0 Å². The molecule has 3 aliphatic heterocycles. The van der Waals surface area contributed by atoms with E-state index in [1.807, 2.05) is 16.2 Å². The van der Waals surface area contributed by atoms with Crippen molar-refractivity contribution in [3.8, 4) is 0 Å². The zero-order valence-electron chi connectivity index (χ0n) is 19.2. The van der Waals surface area contributed by atoms with E-state index >= 15 is 0 Å². The van der Waals surface area contributed by atoms with Gasteiger partial charge in [0.1, 0.15) is 6.10 Å². The van der Waals surface area contributed by atoms with Crippen molar-refractivity contribution in [2.45, 2.75) is 45.3 Å². The maximum absolute atomic E-state index is 12.6. The van der Waals surface area contributed by atoms with E-state index in [0.717, 1.165) is 77.8 Å². The quantitative estimate of drug-likeness (QED) is 0.321. The fraction of sp³-hybridized carbons (Fsp3) is 0.739. The minimum absolute atomic E-state index is 0. The fourth-order valence-corrected chi connectivity index (χ4v) is 5.57. The molecular formula is C23H38IN5O2S. The first-order chi connectivity index (χ1) is 15.2. The summed E-state index contributed by atoms with van der Waals surface area (Å²) in [4.78, 5) is 26.0. The molecule has 3 fully saturated rings. The Morgan fingerprint density at radius 2 is 2.00 bits per heavy atom. The maximum atomic E-state index is 12.6. The van der Waals surface area contributed by atoms with Gasteiger partial charge < -0.3 is 19.9 Å². The largest absolute Gasteiger partial charge is 0.368 e. The molecule has 3 aliphatic rings. The number of ether oxygens (including phenoxy) is 1. The van der Waals surface area contributed by atoms with Gasteiger partial charge in [-0.25, -0.2) is 0 Å². The van der Waals surface area contributed by atoms with Crippen LogP contribution in [0.1, 0.15) is 37.5 Å². The first-order valence-electron chi connectivity index (χ1n) is 11.9. The lowest BCUT2D eigenvalue weighted by Crippen LogP contribution is -2.55. The molecule has 0 bridgehead atoms. The molecule has 1 aromatic heterocycles. The molecule has 1 aromatic rings. The molecule has 4 rings (SSSR count). The van der Waals surface area contributed by atoms with E-state index in [2.05, 4.69) is 39.6 Å². The number of rotatable bonds is 6. The topological polar surface area (TPSA) is 60.4 Å². The van der Waals surface area contributed by atoms with Gasteiger partial charge in [0.2, 0.25) is 0 Å². The molecule has 9 heteroatoms. The molecule has 32 heavy (non-hydrogen) atoms. The average molecular weight is 576 g/mol. The summed E-state index contributed by atoms with van der Waals surface area (Å²) in [6, 6.07) is 4.38. The molecule has 0 spiro atoms. The van der Waals surface area contributed by atoms with Crippen LogP contribution in [0.2, 0.25) is 0 Å². The minimum Gasteiger partial charge on any atom is -0.368 e. The monoisotopic (exact) mass is 575 g/mol. The summed E-state index contributed by atoms with van der Waals surface area (Å²) in [6.07, 6.45) is 4.17. The number of hydrogen-bond acceptors (Lipinski definition) is 5. The second-order valence-electron chi connectivity index (χ2n) is 8.83. The molecule has 7 nitrogen and oxygen atoms in total. The van der Waals surface area contributed by atoms with Crippen LogP contribution in [0.4, 0.5) is 0 Å². The Balaban J connectivity index is 0.00000289. The van der Waals surface area contributed by atoms with Gasteiger partial charge in [0.05, 0.1) is 0 Å². The molecule has 0 aromatic carbocycles. The van der Waals surface area contributed by atoms with Gasteiger partial charge in [0.25, 0.3) is 5.91 Å². The summed E-state index contributed by atoms with van der Waals surface area (Å²) < 4.78 is 5.58. The number of nitrogens with one attached hydrogen (secondary N) is 1. The van der Waals surface area contributed by atoms with Crippen LogP contribution in [0, 0.1) is 5.92 Å². The summed E-state index contributed by atoms with van der Waals surface area (Å²) in [5, 5.41) is 5.64. The number of thiophene rings is 1. The molecular weight excluding hydrogens is 537 g/mol. The van der Waals surface area contributed by atoms with Crippen molar-refractivity contribution in [2.24, 2.45) is 10.9 Å². The second-order valence-corrected chi connectivity index (χ2v) is 9.86. The summed E-state index contributed by atoms with van der Waals surface area (Å²) in [5.41, 5.74) is 0. The molecule has 0 saturated carbocycles. The van der Waals surface area contributed by atoms with Crippen LogP contribution in [0.15, 0.2) is 22.5 Å². The number of amides is 1. The third-order valence-corrected chi connectivity index (χ3v) is 7.35. The minimum atomic E-state index is -0.211. The number of piperidine rings is 1. The number of carbonyl (C=O) groups excluding carboxylic acids is 1. The lowest BCUT2D eigenvalue weighted by molar-refractivity contribution is -0.142. The predicted octanol–water partition coefficient (Wildman–Crippen LogP) is 2.87. The summed E-state index contributed by atoms with van der Waals surface area (Å²) in [6.45, 7) is 11.1. The number of guanidine groups is 1. The van der Waals surface area contributed by atoms with Crippen molar-refractivity contribution in [3.63, 3.8) is 0 Å². The average Bonchev–Trinajstić information content (AvgIpc) is 3.51. The Kier molecular flexibility index (Phi) is 10.5. The van der Waals surface area contributed by atoms with E-state index < -0.39 is 0 Å². The van der Waals surface area contributed by atoms with E-state index in [0.29, 0.717) is 5.92 Å². The molecule has 2 atom stereocenters. The van der Waals surface area contributed by atoms with Gasteiger partial charge in [-0.1, -0.05) is 6.07 Å². The highest BCUT2D eigenvalue weighted by atomic mass is 127. The first-order valence-corrected chi connectivity index (χ1v) is 12.8. The molecule has 2 unspecified atom stereocenters. The highest BCUT2D eigenvalue weighted by molar-refractivity contribution is 14.0. The SMILES string of the molecule is CCNC(=NCC1CCCN(Cc2cccs2)C1)N1CCN(C(=O)C2CCCO2)CC1.I. The highest BCUT2D eigenvalue weighted by Crippen LogP contribution is 2.21. The Hall–Kier alpha value is -0.910. The molecule has 1 amide bonds. The predicted molar refractivity (Wildman–Crippen MR) is 141 cm³/mol. The van der Waals surface area contributed by atoms with Gasteiger partial charge in [-0.3, -0.25) is 14.7 Å². The van der Waals surface area contributed by atoms with Crippen molar-refractivity contribution < 1.29 is 9.53 Å². The molecule has 4 heterocycles. The van der Waals surface area contributed by atoms with Crippen molar-refractivity contribution in [3.05, 3.63) is 22.4 Å². The molecule has 0 radical (unpaired) electrons. The van der Waals surface area contributed by atoms with E-state index in [1.54, 1.807) is 0 Å². The second kappa shape index (κ2) is 13.1. The fourth-order valence-electron chi connectivity index (χ4n) is 4.82. The van der Waals surface area contributed by atoms with Gasteiger partial charge in [-0.2, -0.15) is 0 Å².